The summed E-state index contributed by atoms with van der Waals surface area (Å²) in [5.41, 5.74) is 4.63. The Kier molecular flexibility index (Phi) is 8.81. The Balaban J connectivity index is 0.00000264. The molecule has 0 spiro atoms. The van der Waals surface area contributed by atoms with Crippen molar-refractivity contribution in [2.45, 2.75) is 84.5 Å². The molecule has 0 unspecified atom stereocenters. The van der Waals surface area contributed by atoms with E-state index in [2.05, 4.69) is 56.5 Å². The molecule has 2 rings (SSSR count). The maximum atomic E-state index is 2.56. The molecule has 2 heteroatoms. The Labute approximate surface area is 160 Å². The molecule has 1 nitrogen and oxygen atoms in total. The number of fused-ring (bicyclic) bond motifs is 1. The van der Waals surface area contributed by atoms with E-state index in [1.807, 2.05) is 0 Å². The fourth-order valence-electron chi connectivity index (χ4n) is 3.64. The van der Waals surface area contributed by atoms with Gasteiger partial charge in [-0.25, -0.2) is 0 Å². The second-order valence-corrected chi connectivity index (χ2v) is 7.35. The maximum absolute atomic E-state index is 2.56. The highest BCUT2D eigenvalue weighted by Crippen LogP contribution is 2.39. The zero-order valence-electron chi connectivity index (χ0n) is 15.5. The summed E-state index contributed by atoms with van der Waals surface area (Å²) < 4.78 is 2.56. The summed E-state index contributed by atoms with van der Waals surface area (Å²) in [7, 11) is 0. The summed E-state index contributed by atoms with van der Waals surface area (Å²) >= 11 is 0. The third-order valence-electron chi connectivity index (χ3n) is 5.41. The van der Waals surface area contributed by atoms with Crippen molar-refractivity contribution in [1.82, 2.24) is 0 Å². The lowest BCUT2D eigenvalue weighted by Crippen LogP contribution is -3.00. The number of hydrogen-bond donors (Lipinski definition) is 0. The number of para-hydroxylation sites is 1. The molecule has 0 saturated carbocycles. The summed E-state index contributed by atoms with van der Waals surface area (Å²) in [4.78, 5) is 0. The van der Waals surface area contributed by atoms with Gasteiger partial charge in [0.15, 0.2) is 5.71 Å². The van der Waals surface area contributed by atoms with E-state index in [1.165, 1.54) is 74.9 Å². The van der Waals surface area contributed by atoms with Gasteiger partial charge in [-0.3, -0.25) is 0 Å². The van der Waals surface area contributed by atoms with E-state index >= 15 is 0 Å². The third-order valence-corrected chi connectivity index (χ3v) is 5.41. The molecule has 0 saturated heterocycles. The predicted octanol–water partition coefficient (Wildman–Crippen LogP) is 3.23. The van der Waals surface area contributed by atoms with Gasteiger partial charge in [-0.2, -0.15) is 4.58 Å². The Morgan fingerprint density at radius 2 is 1.43 bits per heavy atom. The van der Waals surface area contributed by atoms with Crippen molar-refractivity contribution in [3.63, 3.8) is 0 Å². The number of nitrogens with zero attached hydrogens (tertiary/aromatic N) is 1. The van der Waals surface area contributed by atoms with Gasteiger partial charge in [0, 0.05) is 25.0 Å². The molecule has 1 aliphatic heterocycles. The number of halogens is 1. The van der Waals surface area contributed by atoms with Crippen LogP contribution in [-0.2, 0) is 5.41 Å². The minimum Gasteiger partial charge on any atom is -1.00 e. The number of benzene rings is 1. The molecular weight excluding hydrogens is 393 g/mol. The molecule has 0 bridgehead atoms. The lowest BCUT2D eigenvalue weighted by atomic mass is 9.82. The van der Waals surface area contributed by atoms with E-state index in [0.717, 1.165) is 0 Å². The molecule has 0 amide bonds. The summed E-state index contributed by atoms with van der Waals surface area (Å²) in [5.74, 6) is 0. The monoisotopic (exact) mass is 427 g/mol. The molecule has 23 heavy (non-hydrogen) atoms. The Hall–Kier alpha value is -0.380. The first-order valence-electron chi connectivity index (χ1n) is 9.30. The minimum absolute atomic E-state index is 0. The second-order valence-electron chi connectivity index (χ2n) is 7.35. The van der Waals surface area contributed by atoms with E-state index in [1.54, 1.807) is 0 Å². The van der Waals surface area contributed by atoms with Crippen molar-refractivity contribution in [3.8, 4) is 0 Å². The van der Waals surface area contributed by atoms with Gasteiger partial charge in [0.2, 0.25) is 5.69 Å². The second kappa shape index (κ2) is 9.80. The van der Waals surface area contributed by atoms with E-state index in [4.69, 9.17) is 0 Å². The summed E-state index contributed by atoms with van der Waals surface area (Å²) in [5, 5.41) is 0. The van der Waals surface area contributed by atoms with Crippen LogP contribution in [0.1, 0.15) is 84.6 Å². The molecule has 0 radical (unpaired) electrons. The van der Waals surface area contributed by atoms with Crippen LogP contribution in [0.5, 0.6) is 0 Å². The fraction of sp³-hybridized carbons (Fsp3) is 0.667. The molecule has 0 N–H and O–H groups in total. The molecule has 1 aromatic rings. The molecule has 1 aliphatic rings. The van der Waals surface area contributed by atoms with E-state index in [9.17, 15) is 0 Å². The average Bonchev–Trinajstić information content (AvgIpc) is 2.71. The van der Waals surface area contributed by atoms with Gasteiger partial charge in [0.25, 0.3) is 0 Å². The highest BCUT2D eigenvalue weighted by molar-refractivity contribution is 5.93. The van der Waals surface area contributed by atoms with E-state index < -0.39 is 0 Å². The van der Waals surface area contributed by atoms with Gasteiger partial charge in [0.05, 0.1) is 5.41 Å². The normalized spacial score (nSPS) is 15.5. The highest BCUT2D eigenvalue weighted by atomic mass is 127. The van der Waals surface area contributed by atoms with Gasteiger partial charge in [-0.15, -0.1) is 0 Å². The van der Waals surface area contributed by atoms with Gasteiger partial charge in [0.1, 0.15) is 6.54 Å². The molecule has 130 valence electrons. The average molecular weight is 427 g/mol. The van der Waals surface area contributed by atoms with Crippen LogP contribution >= 0.6 is 0 Å². The number of rotatable bonds is 9. The lowest BCUT2D eigenvalue weighted by Gasteiger charge is -2.14. The van der Waals surface area contributed by atoms with Crippen LogP contribution in [0.4, 0.5) is 5.69 Å². The zero-order chi connectivity index (χ0) is 16.0. The van der Waals surface area contributed by atoms with Gasteiger partial charge >= 0.3 is 0 Å². The van der Waals surface area contributed by atoms with E-state index in [-0.39, 0.29) is 29.4 Å². The minimum atomic E-state index is 0. The topological polar surface area (TPSA) is 3.01 Å². The first-order valence-corrected chi connectivity index (χ1v) is 9.30. The van der Waals surface area contributed by atoms with Crippen molar-refractivity contribution < 1.29 is 28.6 Å². The Bertz CT molecular complexity index is 516. The van der Waals surface area contributed by atoms with Crippen LogP contribution in [0.25, 0.3) is 0 Å². The van der Waals surface area contributed by atoms with Crippen molar-refractivity contribution in [2.24, 2.45) is 0 Å². The fourth-order valence-corrected chi connectivity index (χ4v) is 3.64. The third kappa shape index (κ3) is 5.04. The predicted molar refractivity (Wildman–Crippen MR) is 97.5 cm³/mol. The van der Waals surface area contributed by atoms with Gasteiger partial charge in [-0.05, 0) is 20.3 Å². The number of hydrogen-bond acceptors (Lipinski definition) is 0. The first-order chi connectivity index (χ1) is 10.6. The van der Waals surface area contributed by atoms with Crippen LogP contribution in [-0.4, -0.2) is 16.8 Å². The Morgan fingerprint density at radius 1 is 0.870 bits per heavy atom. The first kappa shape index (κ1) is 20.7. The van der Waals surface area contributed by atoms with Crippen LogP contribution in [0.2, 0.25) is 0 Å². The van der Waals surface area contributed by atoms with Crippen molar-refractivity contribution in [3.05, 3.63) is 29.8 Å². The van der Waals surface area contributed by atoms with Crippen molar-refractivity contribution >= 4 is 11.4 Å². The quantitative estimate of drug-likeness (QED) is 0.324. The van der Waals surface area contributed by atoms with Crippen molar-refractivity contribution in [2.75, 3.05) is 6.54 Å². The highest BCUT2D eigenvalue weighted by Gasteiger charge is 2.42. The van der Waals surface area contributed by atoms with Crippen LogP contribution in [0.15, 0.2) is 24.3 Å². The summed E-state index contributed by atoms with van der Waals surface area (Å²) in [6.07, 6.45) is 11.1. The standard InChI is InChI=1S/C21H34N.HI/c1-5-6-7-8-9-10-11-14-17-22-18(2)21(3,4)19-15-12-13-16-20(19)22;/h12-13,15-16H,5-11,14,17H2,1-4H3;1H/q+1;/p-1. The maximum Gasteiger partial charge on any atom is 0.209 e. The molecular formula is C21H34IN. The SMILES string of the molecule is CCCCCCCCCC[N+]1=C(C)C(C)(C)c2ccccc21.[I-]. The Morgan fingerprint density at radius 3 is 2.09 bits per heavy atom. The largest absolute Gasteiger partial charge is 1.00 e. The van der Waals surface area contributed by atoms with Gasteiger partial charge in [-0.1, -0.05) is 63.6 Å². The summed E-state index contributed by atoms with van der Waals surface area (Å²) in [6, 6.07) is 8.94. The van der Waals surface area contributed by atoms with E-state index in [0.29, 0.717) is 0 Å². The smallest absolute Gasteiger partial charge is 0.209 e. The van der Waals surface area contributed by atoms with Crippen LogP contribution < -0.4 is 24.0 Å². The van der Waals surface area contributed by atoms with Crippen LogP contribution in [0, 0.1) is 0 Å². The molecule has 1 aromatic carbocycles. The zero-order valence-corrected chi connectivity index (χ0v) is 17.7. The van der Waals surface area contributed by atoms with Gasteiger partial charge < -0.3 is 24.0 Å². The summed E-state index contributed by atoms with van der Waals surface area (Å²) in [6.45, 7) is 10.5. The molecule has 0 fully saturated rings. The van der Waals surface area contributed by atoms with Crippen LogP contribution in [0.3, 0.4) is 0 Å². The lowest BCUT2D eigenvalue weighted by molar-refractivity contribution is -0.439. The molecule has 0 atom stereocenters. The number of unbranched alkanes of at least 4 members (excludes halogenated alkanes) is 7. The van der Waals surface area contributed by atoms with Crippen molar-refractivity contribution in [1.29, 1.82) is 0 Å². The molecule has 0 aliphatic carbocycles. The molecule has 0 aromatic heterocycles. The molecule has 1 heterocycles.